The van der Waals surface area contributed by atoms with Crippen molar-refractivity contribution in [3.05, 3.63) is 0 Å². The highest BCUT2D eigenvalue weighted by molar-refractivity contribution is 5.84. The molecular weight excluding hydrogens is 240 g/mol. The fraction of sp³-hybridized carbons (Fsp3) is 0.929. The van der Waals surface area contributed by atoms with Gasteiger partial charge in [-0.2, -0.15) is 0 Å². The Morgan fingerprint density at radius 1 is 1.21 bits per heavy atom. The molecule has 0 saturated carbocycles. The lowest BCUT2D eigenvalue weighted by atomic mass is 9.94. The van der Waals surface area contributed by atoms with Crippen LogP contribution in [0.1, 0.15) is 33.6 Å². The van der Waals surface area contributed by atoms with Crippen molar-refractivity contribution in [2.24, 2.45) is 5.73 Å². The van der Waals surface area contributed by atoms with Crippen molar-refractivity contribution in [3.63, 3.8) is 0 Å². The standard InChI is InChI=1S/C14H32N4O/c1-12(2)16-14(3,13(15)19)8-7-9-18(6)11-10-17(4)5/h12,16H,7-11H2,1-6H3,(H2,15,19). The summed E-state index contributed by atoms with van der Waals surface area (Å²) in [5.41, 5.74) is 4.91. The van der Waals surface area contributed by atoms with E-state index < -0.39 is 5.54 Å². The molecule has 114 valence electrons. The second-order valence-corrected chi connectivity index (χ2v) is 6.21. The van der Waals surface area contributed by atoms with Crippen molar-refractivity contribution in [1.82, 2.24) is 15.1 Å². The van der Waals surface area contributed by atoms with Gasteiger partial charge in [0.15, 0.2) is 0 Å². The number of amides is 1. The Morgan fingerprint density at radius 3 is 2.21 bits per heavy atom. The van der Waals surface area contributed by atoms with Gasteiger partial charge in [0.1, 0.15) is 0 Å². The lowest BCUT2D eigenvalue weighted by molar-refractivity contribution is -0.124. The van der Waals surface area contributed by atoms with Crippen LogP contribution in [-0.2, 0) is 4.79 Å². The molecule has 19 heavy (non-hydrogen) atoms. The smallest absolute Gasteiger partial charge is 0.237 e. The third kappa shape index (κ3) is 8.18. The van der Waals surface area contributed by atoms with E-state index in [4.69, 9.17) is 5.73 Å². The van der Waals surface area contributed by atoms with Crippen LogP contribution in [0.4, 0.5) is 0 Å². The number of nitrogens with two attached hydrogens (primary N) is 1. The van der Waals surface area contributed by atoms with Gasteiger partial charge < -0.3 is 20.9 Å². The molecule has 5 heteroatoms. The molecule has 0 heterocycles. The van der Waals surface area contributed by atoms with Crippen LogP contribution in [0.5, 0.6) is 0 Å². The van der Waals surface area contributed by atoms with Crippen molar-refractivity contribution >= 4 is 5.91 Å². The highest BCUT2D eigenvalue weighted by Gasteiger charge is 2.30. The predicted molar refractivity (Wildman–Crippen MR) is 81.2 cm³/mol. The third-order valence-electron chi connectivity index (χ3n) is 3.30. The Hall–Kier alpha value is -0.650. The maximum absolute atomic E-state index is 11.6. The number of carbonyl (C=O) groups is 1. The summed E-state index contributed by atoms with van der Waals surface area (Å²) in [6.45, 7) is 9.03. The molecule has 0 spiro atoms. The van der Waals surface area contributed by atoms with Crippen molar-refractivity contribution in [2.75, 3.05) is 40.8 Å². The quantitative estimate of drug-likeness (QED) is 0.608. The van der Waals surface area contributed by atoms with E-state index in [9.17, 15) is 4.79 Å². The van der Waals surface area contributed by atoms with Gasteiger partial charge in [-0.05, 0) is 61.3 Å². The number of likely N-dealkylation sites (N-methyl/N-ethyl adjacent to an activating group) is 2. The normalized spacial score (nSPS) is 15.2. The zero-order chi connectivity index (χ0) is 15.1. The van der Waals surface area contributed by atoms with Crippen molar-refractivity contribution < 1.29 is 4.79 Å². The number of primary amides is 1. The van der Waals surface area contributed by atoms with Crippen LogP contribution >= 0.6 is 0 Å². The number of hydrogen-bond acceptors (Lipinski definition) is 4. The zero-order valence-electron chi connectivity index (χ0n) is 13.5. The Morgan fingerprint density at radius 2 is 1.79 bits per heavy atom. The van der Waals surface area contributed by atoms with Crippen LogP contribution in [-0.4, -0.2) is 68.1 Å². The Balaban J connectivity index is 4.09. The minimum Gasteiger partial charge on any atom is -0.368 e. The Labute approximate surface area is 118 Å². The van der Waals surface area contributed by atoms with Gasteiger partial charge in [0.2, 0.25) is 5.91 Å². The molecule has 0 aliphatic carbocycles. The molecule has 3 N–H and O–H groups in total. The van der Waals surface area contributed by atoms with E-state index in [0.29, 0.717) is 0 Å². The second kappa shape index (κ2) is 8.51. The number of rotatable bonds is 10. The molecule has 0 aromatic heterocycles. The van der Waals surface area contributed by atoms with Crippen molar-refractivity contribution in [1.29, 1.82) is 0 Å². The van der Waals surface area contributed by atoms with E-state index in [1.165, 1.54) is 0 Å². The van der Waals surface area contributed by atoms with Crippen LogP contribution in [0.2, 0.25) is 0 Å². The van der Waals surface area contributed by atoms with Crippen LogP contribution in [0.3, 0.4) is 0 Å². The van der Waals surface area contributed by atoms with E-state index >= 15 is 0 Å². The molecule has 0 aliphatic heterocycles. The average Bonchev–Trinajstić information content (AvgIpc) is 2.25. The molecule has 5 nitrogen and oxygen atoms in total. The molecular formula is C14H32N4O. The average molecular weight is 272 g/mol. The maximum Gasteiger partial charge on any atom is 0.237 e. The number of nitrogens with one attached hydrogen (secondary N) is 1. The monoisotopic (exact) mass is 272 g/mol. The molecule has 0 fully saturated rings. The van der Waals surface area contributed by atoms with Gasteiger partial charge in [0.25, 0.3) is 0 Å². The van der Waals surface area contributed by atoms with Gasteiger partial charge >= 0.3 is 0 Å². The molecule has 0 radical (unpaired) electrons. The van der Waals surface area contributed by atoms with E-state index in [1.807, 2.05) is 20.8 Å². The molecule has 0 aliphatic rings. The van der Waals surface area contributed by atoms with E-state index in [1.54, 1.807) is 0 Å². The summed E-state index contributed by atoms with van der Waals surface area (Å²) < 4.78 is 0. The summed E-state index contributed by atoms with van der Waals surface area (Å²) >= 11 is 0. The highest BCUT2D eigenvalue weighted by atomic mass is 16.1. The molecule has 1 unspecified atom stereocenters. The third-order valence-corrected chi connectivity index (χ3v) is 3.30. The number of carbonyl (C=O) groups excluding carboxylic acids is 1. The first-order valence-corrected chi connectivity index (χ1v) is 7.08. The SMILES string of the molecule is CC(C)NC(C)(CCCN(C)CCN(C)C)C(N)=O. The number of hydrogen-bond donors (Lipinski definition) is 2. The van der Waals surface area contributed by atoms with Gasteiger partial charge in [0, 0.05) is 19.1 Å². The van der Waals surface area contributed by atoms with E-state index in [0.717, 1.165) is 32.5 Å². The fourth-order valence-corrected chi connectivity index (χ4v) is 2.09. The first-order valence-electron chi connectivity index (χ1n) is 7.08. The highest BCUT2D eigenvalue weighted by Crippen LogP contribution is 2.13. The molecule has 0 bridgehead atoms. The minimum atomic E-state index is -0.601. The first-order chi connectivity index (χ1) is 8.67. The first kappa shape index (κ1) is 18.4. The molecule has 0 saturated heterocycles. The van der Waals surface area contributed by atoms with E-state index in [2.05, 4.69) is 36.3 Å². The molecule has 0 aromatic rings. The summed E-state index contributed by atoms with van der Waals surface area (Å²) in [5.74, 6) is -0.267. The summed E-state index contributed by atoms with van der Waals surface area (Å²) in [5, 5.41) is 3.28. The summed E-state index contributed by atoms with van der Waals surface area (Å²) in [6.07, 6.45) is 1.73. The lowest BCUT2D eigenvalue weighted by Gasteiger charge is -2.30. The summed E-state index contributed by atoms with van der Waals surface area (Å²) in [7, 11) is 6.26. The molecule has 1 atom stereocenters. The Kier molecular flexibility index (Phi) is 8.22. The van der Waals surface area contributed by atoms with Gasteiger partial charge in [-0.15, -0.1) is 0 Å². The summed E-state index contributed by atoms with van der Waals surface area (Å²) in [6, 6.07) is 0.254. The summed E-state index contributed by atoms with van der Waals surface area (Å²) in [4.78, 5) is 16.0. The molecule has 1 amide bonds. The maximum atomic E-state index is 11.6. The zero-order valence-corrected chi connectivity index (χ0v) is 13.5. The van der Waals surface area contributed by atoms with Crippen LogP contribution in [0.15, 0.2) is 0 Å². The van der Waals surface area contributed by atoms with Crippen LogP contribution in [0, 0.1) is 0 Å². The minimum absolute atomic E-state index is 0.254. The number of nitrogens with zero attached hydrogens (tertiary/aromatic N) is 2. The van der Waals surface area contributed by atoms with Gasteiger partial charge in [-0.1, -0.05) is 0 Å². The van der Waals surface area contributed by atoms with Gasteiger partial charge in [0.05, 0.1) is 5.54 Å². The Bertz CT molecular complexity index is 268. The lowest BCUT2D eigenvalue weighted by Crippen LogP contribution is -2.55. The van der Waals surface area contributed by atoms with Gasteiger partial charge in [-0.25, -0.2) is 0 Å². The van der Waals surface area contributed by atoms with Gasteiger partial charge in [-0.3, -0.25) is 4.79 Å². The van der Waals surface area contributed by atoms with Crippen molar-refractivity contribution in [2.45, 2.75) is 45.2 Å². The van der Waals surface area contributed by atoms with Crippen LogP contribution in [0.25, 0.3) is 0 Å². The van der Waals surface area contributed by atoms with Crippen molar-refractivity contribution in [3.8, 4) is 0 Å². The second-order valence-electron chi connectivity index (χ2n) is 6.21. The molecule has 0 rings (SSSR count). The van der Waals surface area contributed by atoms with Crippen LogP contribution < -0.4 is 11.1 Å². The predicted octanol–water partition coefficient (Wildman–Crippen LogP) is 0.502. The fourth-order valence-electron chi connectivity index (χ4n) is 2.09. The van der Waals surface area contributed by atoms with E-state index in [-0.39, 0.29) is 11.9 Å². The largest absolute Gasteiger partial charge is 0.368 e. The topological polar surface area (TPSA) is 61.6 Å². The molecule has 0 aromatic carbocycles.